The molecule has 0 aromatic heterocycles. The monoisotopic (exact) mass is 402 g/mol. The Hall–Kier alpha value is -1.75. The Morgan fingerprint density at radius 2 is 1.79 bits per heavy atom. The first-order valence-electron chi connectivity index (χ1n) is 9.65. The van der Waals surface area contributed by atoms with E-state index in [2.05, 4.69) is 5.32 Å². The topological polar surface area (TPSA) is 146 Å². The average Bonchev–Trinajstić information content (AvgIpc) is 3.09. The SMILES string of the molecule is CC(OCCOCCOC(C)C(NC=O)C(N)=O)C(N)C(=O)N1CCCC1C. The molecular weight excluding hydrogens is 368 g/mol. The molecule has 1 saturated heterocycles. The predicted molar refractivity (Wildman–Crippen MR) is 102 cm³/mol. The van der Waals surface area contributed by atoms with Gasteiger partial charge in [0.25, 0.3) is 0 Å². The lowest BCUT2D eigenvalue weighted by Gasteiger charge is -2.28. The van der Waals surface area contributed by atoms with Crippen molar-refractivity contribution in [3.63, 3.8) is 0 Å². The molecule has 0 radical (unpaired) electrons. The second kappa shape index (κ2) is 12.7. The summed E-state index contributed by atoms with van der Waals surface area (Å²) in [4.78, 5) is 35.9. The van der Waals surface area contributed by atoms with Crippen LogP contribution in [0.15, 0.2) is 0 Å². The predicted octanol–water partition coefficient (Wildman–Crippen LogP) is -1.25. The Balaban J connectivity index is 2.15. The highest BCUT2D eigenvalue weighted by atomic mass is 16.5. The third-order valence-corrected chi connectivity index (χ3v) is 4.87. The van der Waals surface area contributed by atoms with Gasteiger partial charge in [0.2, 0.25) is 18.2 Å². The molecule has 3 amide bonds. The van der Waals surface area contributed by atoms with Crippen molar-refractivity contribution >= 4 is 18.2 Å². The Labute approximate surface area is 166 Å². The second-order valence-electron chi connectivity index (χ2n) is 6.98. The molecule has 0 aliphatic carbocycles. The van der Waals surface area contributed by atoms with Crippen LogP contribution in [0.2, 0.25) is 0 Å². The zero-order valence-corrected chi connectivity index (χ0v) is 17.0. The van der Waals surface area contributed by atoms with Crippen molar-refractivity contribution in [2.24, 2.45) is 11.5 Å². The van der Waals surface area contributed by atoms with E-state index in [-0.39, 0.29) is 25.2 Å². The summed E-state index contributed by atoms with van der Waals surface area (Å²) in [5.41, 5.74) is 11.2. The lowest BCUT2D eigenvalue weighted by molar-refractivity contribution is -0.137. The number of ether oxygens (including phenoxy) is 3. The summed E-state index contributed by atoms with van der Waals surface area (Å²) < 4.78 is 16.4. The molecule has 0 aromatic carbocycles. The molecule has 0 bridgehead atoms. The number of carbonyl (C=O) groups excluding carboxylic acids is 3. The van der Waals surface area contributed by atoms with Gasteiger partial charge in [-0.3, -0.25) is 14.4 Å². The highest BCUT2D eigenvalue weighted by molar-refractivity contribution is 5.83. The maximum Gasteiger partial charge on any atom is 0.242 e. The van der Waals surface area contributed by atoms with E-state index in [1.54, 1.807) is 13.8 Å². The van der Waals surface area contributed by atoms with Crippen LogP contribution in [0, 0.1) is 0 Å². The Morgan fingerprint density at radius 3 is 2.29 bits per heavy atom. The summed E-state index contributed by atoms with van der Waals surface area (Å²) in [5.74, 6) is -0.745. The van der Waals surface area contributed by atoms with Gasteiger partial charge in [-0.25, -0.2) is 0 Å². The molecule has 1 aliphatic rings. The quantitative estimate of drug-likeness (QED) is 0.243. The molecule has 5 N–H and O–H groups in total. The van der Waals surface area contributed by atoms with E-state index in [1.165, 1.54) is 0 Å². The third-order valence-electron chi connectivity index (χ3n) is 4.87. The molecule has 1 rings (SSSR count). The van der Waals surface area contributed by atoms with Crippen molar-refractivity contribution in [2.75, 3.05) is 33.0 Å². The van der Waals surface area contributed by atoms with E-state index >= 15 is 0 Å². The van der Waals surface area contributed by atoms with Gasteiger partial charge in [-0.05, 0) is 33.6 Å². The average molecular weight is 402 g/mol. The molecule has 10 nitrogen and oxygen atoms in total. The summed E-state index contributed by atoms with van der Waals surface area (Å²) >= 11 is 0. The van der Waals surface area contributed by atoms with Crippen molar-refractivity contribution in [3.05, 3.63) is 0 Å². The third kappa shape index (κ3) is 7.70. The standard InChI is InChI=1S/C18H34N4O6/c1-12-5-4-6-22(12)18(25)15(19)13(2)27-9-7-26-8-10-28-14(3)16(17(20)24)21-11-23/h11-16H,4-10,19H2,1-3H3,(H2,20,24)(H,21,23). The van der Waals surface area contributed by atoms with Crippen LogP contribution in [0.25, 0.3) is 0 Å². The van der Waals surface area contributed by atoms with Crippen LogP contribution in [0.3, 0.4) is 0 Å². The summed E-state index contributed by atoms with van der Waals surface area (Å²) in [6, 6.07) is -1.35. The number of nitrogens with one attached hydrogen (secondary N) is 1. The fraction of sp³-hybridized carbons (Fsp3) is 0.833. The van der Waals surface area contributed by atoms with Crippen molar-refractivity contribution in [3.8, 4) is 0 Å². The van der Waals surface area contributed by atoms with E-state index in [0.717, 1.165) is 19.4 Å². The number of likely N-dealkylation sites (tertiary alicyclic amines) is 1. The van der Waals surface area contributed by atoms with E-state index in [1.807, 2.05) is 11.8 Å². The fourth-order valence-electron chi connectivity index (χ4n) is 3.06. The smallest absolute Gasteiger partial charge is 0.242 e. The molecule has 162 valence electrons. The normalized spacial score (nSPS) is 21.0. The number of carbonyl (C=O) groups is 3. The lowest BCUT2D eigenvalue weighted by atomic mass is 10.1. The maximum atomic E-state index is 12.4. The zero-order chi connectivity index (χ0) is 21.1. The van der Waals surface area contributed by atoms with Crippen LogP contribution >= 0.6 is 0 Å². The Kier molecular flexibility index (Phi) is 11.0. The van der Waals surface area contributed by atoms with Crippen molar-refractivity contribution in [1.29, 1.82) is 0 Å². The van der Waals surface area contributed by atoms with Crippen LogP contribution < -0.4 is 16.8 Å². The van der Waals surface area contributed by atoms with E-state index in [0.29, 0.717) is 19.6 Å². The van der Waals surface area contributed by atoms with Gasteiger partial charge in [0.15, 0.2) is 0 Å². The van der Waals surface area contributed by atoms with Gasteiger partial charge in [-0.1, -0.05) is 0 Å². The fourth-order valence-corrected chi connectivity index (χ4v) is 3.06. The minimum absolute atomic E-state index is 0.0752. The van der Waals surface area contributed by atoms with Gasteiger partial charge in [0, 0.05) is 12.6 Å². The molecular formula is C18H34N4O6. The summed E-state index contributed by atoms with van der Waals surface area (Å²) in [7, 11) is 0. The second-order valence-corrected chi connectivity index (χ2v) is 6.98. The summed E-state index contributed by atoms with van der Waals surface area (Å²) in [6.07, 6.45) is 1.44. The van der Waals surface area contributed by atoms with Crippen LogP contribution in [0.4, 0.5) is 0 Å². The molecule has 1 heterocycles. The van der Waals surface area contributed by atoms with E-state index in [9.17, 15) is 14.4 Å². The Morgan fingerprint density at radius 1 is 1.18 bits per heavy atom. The zero-order valence-electron chi connectivity index (χ0n) is 17.0. The van der Waals surface area contributed by atoms with Crippen molar-refractivity contribution < 1.29 is 28.6 Å². The number of hydrogen-bond acceptors (Lipinski definition) is 7. The molecule has 5 atom stereocenters. The molecule has 28 heavy (non-hydrogen) atoms. The van der Waals surface area contributed by atoms with Crippen LogP contribution in [-0.2, 0) is 28.6 Å². The molecule has 1 fully saturated rings. The number of hydrogen-bond donors (Lipinski definition) is 3. The van der Waals surface area contributed by atoms with Gasteiger partial charge < -0.3 is 35.9 Å². The minimum Gasteiger partial charge on any atom is -0.377 e. The number of amides is 3. The van der Waals surface area contributed by atoms with Crippen LogP contribution in [0.5, 0.6) is 0 Å². The van der Waals surface area contributed by atoms with Gasteiger partial charge in [0.1, 0.15) is 12.1 Å². The maximum absolute atomic E-state index is 12.4. The highest BCUT2D eigenvalue weighted by Crippen LogP contribution is 2.18. The minimum atomic E-state index is -0.890. The van der Waals surface area contributed by atoms with Gasteiger partial charge >= 0.3 is 0 Å². The van der Waals surface area contributed by atoms with Gasteiger partial charge in [-0.2, -0.15) is 0 Å². The van der Waals surface area contributed by atoms with E-state index < -0.39 is 30.2 Å². The molecule has 0 aromatic rings. The Bertz CT molecular complexity index is 506. The van der Waals surface area contributed by atoms with Gasteiger partial charge in [0.05, 0.1) is 38.6 Å². The van der Waals surface area contributed by atoms with Crippen LogP contribution in [0.1, 0.15) is 33.6 Å². The number of nitrogens with two attached hydrogens (primary N) is 2. The van der Waals surface area contributed by atoms with Gasteiger partial charge in [-0.15, -0.1) is 0 Å². The van der Waals surface area contributed by atoms with Crippen LogP contribution in [-0.4, -0.2) is 86.4 Å². The van der Waals surface area contributed by atoms with Crippen molar-refractivity contribution in [2.45, 2.75) is 63.9 Å². The first kappa shape index (κ1) is 24.3. The first-order chi connectivity index (χ1) is 13.3. The molecule has 10 heteroatoms. The summed E-state index contributed by atoms with van der Waals surface area (Å²) in [5, 5.41) is 2.31. The summed E-state index contributed by atoms with van der Waals surface area (Å²) in [6.45, 7) is 7.31. The molecule has 0 spiro atoms. The largest absolute Gasteiger partial charge is 0.377 e. The van der Waals surface area contributed by atoms with Crippen molar-refractivity contribution in [1.82, 2.24) is 10.2 Å². The molecule has 0 saturated carbocycles. The lowest BCUT2D eigenvalue weighted by Crippen LogP contribution is -2.51. The number of primary amides is 1. The first-order valence-corrected chi connectivity index (χ1v) is 9.65. The highest BCUT2D eigenvalue weighted by Gasteiger charge is 2.31. The molecule has 5 unspecified atom stereocenters. The number of rotatable bonds is 14. The van der Waals surface area contributed by atoms with E-state index in [4.69, 9.17) is 25.7 Å². The molecule has 1 aliphatic heterocycles. The number of nitrogens with zero attached hydrogens (tertiary/aromatic N) is 1.